The van der Waals surface area contributed by atoms with Crippen molar-refractivity contribution in [1.82, 2.24) is 10.2 Å². The van der Waals surface area contributed by atoms with E-state index in [0.717, 1.165) is 19.1 Å². The zero-order chi connectivity index (χ0) is 15.6. The van der Waals surface area contributed by atoms with Crippen LogP contribution >= 0.6 is 0 Å². The Morgan fingerprint density at radius 3 is 2.52 bits per heavy atom. The minimum Gasteiger partial charge on any atom is -0.376 e. The average molecular weight is 296 g/mol. The van der Waals surface area contributed by atoms with E-state index in [9.17, 15) is 0 Å². The van der Waals surface area contributed by atoms with Gasteiger partial charge in [-0.15, -0.1) is 0 Å². The number of hydrogen-bond acceptors (Lipinski definition) is 3. The predicted molar refractivity (Wildman–Crippen MR) is 89.6 cm³/mol. The molecule has 0 radical (unpaired) electrons. The highest BCUT2D eigenvalue weighted by molar-refractivity contribution is 4.96. The van der Waals surface area contributed by atoms with Gasteiger partial charge in [0.15, 0.2) is 0 Å². The molecular weight excluding hydrogens is 260 g/mol. The van der Waals surface area contributed by atoms with Crippen LogP contribution in [0, 0.1) is 11.3 Å². The highest BCUT2D eigenvalue weighted by Gasteiger charge is 2.41. The largest absolute Gasteiger partial charge is 0.376 e. The van der Waals surface area contributed by atoms with Gasteiger partial charge in [-0.1, -0.05) is 27.7 Å². The van der Waals surface area contributed by atoms with Crippen LogP contribution in [0.1, 0.15) is 60.3 Å². The molecule has 1 saturated heterocycles. The van der Waals surface area contributed by atoms with Crippen molar-refractivity contribution in [2.75, 3.05) is 20.2 Å². The SMILES string of the molecule is CCC1COC(C)CN1C1CC(C(C)(C)C)CCC1NC. The molecule has 21 heavy (non-hydrogen) atoms. The first kappa shape index (κ1) is 17.2. The Morgan fingerprint density at radius 2 is 1.95 bits per heavy atom. The molecule has 0 aromatic carbocycles. The maximum atomic E-state index is 5.90. The van der Waals surface area contributed by atoms with E-state index in [1.165, 1.54) is 25.7 Å². The molecule has 1 aliphatic heterocycles. The molecule has 1 aliphatic carbocycles. The van der Waals surface area contributed by atoms with Crippen LogP contribution in [0.3, 0.4) is 0 Å². The summed E-state index contributed by atoms with van der Waals surface area (Å²) in [5.41, 5.74) is 0.427. The molecular formula is C18H36N2O. The second kappa shape index (κ2) is 6.97. The van der Waals surface area contributed by atoms with Crippen LogP contribution in [0.4, 0.5) is 0 Å². The second-order valence-corrected chi connectivity index (χ2v) is 8.24. The van der Waals surface area contributed by atoms with E-state index < -0.39 is 0 Å². The van der Waals surface area contributed by atoms with Gasteiger partial charge in [0.2, 0.25) is 0 Å². The fourth-order valence-corrected chi connectivity index (χ4v) is 4.26. The summed E-state index contributed by atoms with van der Waals surface area (Å²) < 4.78 is 5.90. The van der Waals surface area contributed by atoms with Gasteiger partial charge in [0.25, 0.3) is 0 Å². The van der Waals surface area contributed by atoms with Gasteiger partial charge in [0.05, 0.1) is 12.7 Å². The summed E-state index contributed by atoms with van der Waals surface area (Å²) in [6, 6.07) is 1.91. The summed E-state index contributed by atoms with van der Waals surface area (Å²) in [5, 5.41) is 3.60. The van der Waals surface area contributed by atoms with Crippen LogP contribution in [-0.4, -0.2) is 49.3 Å². The molecule has 1 saturated carbocycles. The lowest BCUT2D eigenvalue weighted by atomic mass is 9.69. The molecule has 2 fully saturated rings. The van der Waals surface area contributed by atoms with Crippen LogP contribution < -0.4 is 5.32 Å². The first-order valence-corrected chi connectivity index (χ1v) is 8.91. The van der Waals surface area contributed by atoms with Gasteiger partial charge >= 0.3 is 0 Å². The lowest BCUT2D eigenvalue weighted by Crippen LogP contribution is -2.61. The molecule has 3 nitrogen and oxygen atoms in total. The summed E-state index contributed by atoms with van der Waals surface area (Å²) in [7, 11) is 2.14. The van der Waals surface area contributed by atoms with Crippen molar-refractivity contribution in [3.63, 3.8) is 0 Å². The predicted octanol–water partition coefficient (Wildman–Crippen LogP) is 3.29. The first-order chi connectivity index (χ1) is 9.86. The maximum Gasteiger partial charge on any atom is 0.0674 e. The maximum absolute atomic E-state index is 5.90. The van der Waals surface area contributed by atoms with Gasteiger partial charge in [-0.05, 0) is 51.0 Å². The van der Waals surface area contributed by atoms with Crippen LogP contribution in [-0.2, 0) is 4.74 Å². The molecule has 3 heteroatoms. The van der Waals surface area contributed by atoms with Gasteiger partial charge in [0.1, 0.15) is 0 Å². The number of morpholine rings is 1. The molecule has 5 unspecified atom stereocenters. The topological polar surface area (TPSA) is 24.5 Å². The van der Waals surface area contributed by atoms with Gasteiger partial charge in [0, 0.05) is 24.7 Å². The van der Waals surface area contributed by atoms with E-state index in [1.54, 1.807) is 0 Å². The number of rotatable bonds is 3. The monoisotopic (exact) mass is 296 g/mol. The van der Waals surface area contributed by atoms with Gasteiger partial charge < -0.3 is 10.1 Å². The molecule has 0 aromatic rings. The molecule has 1 heterocycles. The summed E-state index contributed by atoms with van der Waals surface area (Å²) in [6.45, 7) is 13.8. The molecule has 124 valence electrons. The third kappa shape index (κ3) is 4.00. The summed E-state index contributed by atoms with van der Waals surface area (Å²) in [6.07, 6.45) is 5.58. The molecule has 0 amide bonds. The van der Waals surface area contributed by atoms with E-state index in [0.29, 0.717) is 29.6 Å². The minimum atomic E-state index is 0.375. The zero-order valence-electron chi connectivity index (χ0n) is 15.0. The van der Waals surface area contributed by atoms with Crippen molar-refractivity contribution < 1.29 is 4.74 Å². The fraction of sp³-hybridized carbons (Fsp3) is 1.00. The van der Waals surface area contributed by atoms with Crippen molar-refractivity contribution in [2.24, 2.45) is 11.3 Å². The highest BCUT2D eigenvalue weighted by atomic mass is 16.5. The average Bonchev–Trinajstić information content (AvgIpc) is 2.45. The number of ether oxygens (including phenoxy) is 1. The molecule has 2 aliphatic rings. The normalized spacial score (nSPS) is 39.4. The van der Waals surface area contributed by atoms with E-state index in [4.69, 9.17) is 4.74 Å². The van der Waals surface area contributed by atoms with Crippen molar-refractivity contribution in [2.45, 2.75) is 84.5 Å². The van der Waals surface area contributed by atoms with Crippen LogP contribution in [0.2, 0.25) is 0 Å². The third-order valence-electron chi connectivity index (χ3n) is 5.82. The molecule has 2 rings (SSSR count). The lowest BCUT2D eigenvalue weighted by Gasteiger charge is -2.50. The summed E-state index contributed by atoms with van der Waals surface area (Å²) >= 11 is 0. The van der Waals surface area contributed by atoms with E-state index in [2.05, 4.69) is 51.9 Å². The van der Waals surface area contributed by atoms with Gasteiger partial charge in [-0.25, -0.2) is 0 Å². The molecule has 0 spiro atoms. The zero-order valence-corrected chi connectivity index (χ0v) is 15.0. The van der Waals surface area contributed by atoms with Crippen LogP contribution in [0.5, 0.6) is 0 Å². The second-order valence-electron chi connectivity index (χ2n) is 8.24. The minimum absolute atomic E-state index is 0.375. The third-order valence-corrected chi connectivity index (χ3v) is 5.82. The Bertz CT molecular complexity index is 326. The van der Waals surface area contributed by atoms with Gasteiger partial charge in [-0.2, -0.15) is 0 Å². The molecule has 1 N–H and O–H groups in total. The Kier molecular flexibility index (Phi) is 5.72. The number of hydrogen-bond donors (Lipinski definition) is 1. The van der Waals surface area contributed by atoms with Crippen molar-refractivity contribution in [3.05, 3.63) is 0 Å². The number of nitrogens with zero attached hydrogens (tertiary/aromatic N) is 1. The van der Waals surface area contributed by atoms with Crippen LogP contribution in [0.25, 0.3) is 0 Å². The quantitative estimate of drug-likeness (QED) is 0.865. The summed E-state index contributed by atoms with van der Waals surface area (Å²) in [5.74, 6) is 0.836. The Labute approximate surface area is 131 Å². The Morgan fingerprint density at radius 1 is 1.24 bits per heavy atom. The van der Waals surface area contributed by atoms with Crippen LogP contribution in [0.15, 0.2) is 0 Å². The Hall–Kier alpha value is -0.120. The van der Waals surface area contributed by atoms with E-state index in [1.807, 2.05) is 0 Å². The van der Waals surface area contributed by atoms with Crippen molar-refractivity contribution in [3.8, 4) is 0 Å². The molecule has 0 aromatic heterocycles. The van der Waals surface area contributed by atoms with Crippen molar-refractivity contribution in [1.29, 1.82) is 0 Å². The van der Waals surface area contributed by atoms with E-state index in [-0.39, 0.29) is 0 Å². The fourth-order valence-electron chi connectivity index (χ4n) is 4.26. The number of likely N-dealkylation sites (N-methyl/N-ethyl adjacent to an activating group) is 1. The Balaban J connectivity index is 2.15. The molecule has 5 atom stereocenters. The van der Waals surface area contributed by atoms with Crippen molar-refractivity contribution >= 4 is 0 Å². The number of nitrogens with one attached hydrogen (secondary N) is 1. The van der Waals surface area contributed by atoms with Gasteiger partial charge in [-0.3, -0.25) is 4.90 Å². The standard InChI is InChI=1S/C18H36N2O/c1-7-15-12-21-13(2)11-20(15)17-10-14(18(3,4)5)8-9-16(17)19-6/h13-17,19H,7-12H2,1-6H3. The molecule has 0 bridgehead atoms. The highest BCUT2D eigenvalue weighted by Crippen LogP contribution is 2.40. The smallest absolute Gasteiger partial charge is 0.0674 e. The van der Waals surface area contributed by atoms with E-state index >= 15 is 0 Å². The first-order valence-electron chi connectivity index (χ1n) is 8.91. The summed E-state index contributed by atoms with van der Waals surface area (Å²) in [4.78, 5) is 2.77. The lowest BCUT2D eigenvalue weighted by molar-refractivity contribution is -0.0893.